The molecule has 2 aromatic heterocycles. The molecule has 1 aliphatic heterocycles. The highest BCUT2D eigenvalue weighted by molar-refractivity contribution is 7.89. The summed E-state index contributed by atoms with van der Waals surface area (Å²) < 4.78 is 29.7. The summed E-state index contributed by atoms with van der Waals surface area (Å²) in [5.41, 5.74) is 2.04. The van der Waals surface area contributed by atoms with Crippen LogP contribution in [0.1, 0.15) is 26.8 Å². The molecule has 0 unspecified atom stereocenters. The van der Waals surface area contributed by atoms with Crippen molar-refractivity contribution in [3.63, 3.8) is 0 Å². The van der Waals surface area contributed by atoms with E-state index >= 15 is 0 Å². The molecule has 9 heteroatoms. The molecule has 0 radical (unpaired) electrons. The van der Waals surface area contributed by atoms with Gasteiger partial charge in [-0.25, -0.2) is 13.4 Å². The smallest absolute Gasteiger partial charge is 0.290 e. The summed E-state index contributed by atoms with van der Waals surface area (Å²) in [6.07, 6.45) is 1.17. The zero-order valence-electron chi connectivity index (χ0n) is 16.4. The fourth-order valence-corrected chi connectivity index (χ4v) is 5.05. The summed E-state index contributed by atoms with van der Waals surface area (Å²) in [6, 6.07) is 7.18. The Morgan fingerprint density at radius 3 is 2.59 bits per heavy atom. The molecule has 0 bridgehead atoms. The molecular weight excluding hydrogens is 410 g/mol. The number of thiazole rings is 1. The number of benzene rings is 1. The fourth-order valence-electron chi connectivity index (χ4n) is 3.64. The van der Waals surface area contributed by atoms with E-state index in [4.69, 9.17) is 4.42 Å². The minimum Gasteiger partial charge on any atom is -0.451 e. The Morgan fingerprint density at radius 1 is 1.21 bits per heavy atom. The van der Waals surface area contributed by atoms with Crippen LogP contribution in [0.15, 0.2) is 34.1 Å². The van der Waals surface area contributed by atoms with Gasteiger partial charge in [-0.05, 0) is 13.0 Å². The van der Waals surface area contributed by atoms with Gasteiger partial charge in [-0.2, -0.15) is 0 Å². The van der Waals surface area contributed by atoms with E-state index in [2.05, 4.69) is 15.3 Å². The van der Waals surface area contributed by atoms with Gasteiger partial charge in [-0.3, -0.25) is 9.69 Å². The van der Waals surface area contributed by atoms with Crippen LogP contribution in [-0.2, 0) is 22.1 Å². The monoisotopic (exact) mass is 433 g/mol. The second-order valence-electron chi connectivity index (χ2n) is 7.40. The van der Waals surface area contributed by atoms with Crippen LogP contribution in [0.2, 0.25) is 0 Å². The normalized spacial score (nSPS) is 15.9. The Bertz CT molecular complexity index is 1140. The van der Waals surface area contributed by atoms with Crippen LogP contribution in [0.5, 0.6) is 0 Å². The lowest BCUT2D eigenvalue weighted by molar-refractivity contribution is 0.0598. The summed E-state index contributed by atoms with van der Waals surface area (Å²) in [4.78, 5) is 21.7. The van der Waals surface area contributed by atoms with E-state index in [1.165, 1.54) is 6.26 Å². The number of hydrogen-bond donors (Lipinski definition) is 0. The molecule has 0 N–H and O–H groups in total. The van der Waals surface area contributed by atoms with Crippen molar-refractivity contribution < 1.29 is 17.6 Å². The van der Waals surface area contributed by atoms with Gasteiger partial charge in [-0.15, -0.1) is 11.3 Å². The van der Waals surface area contributed by atoms with E-state index < -0.39 is 9.84 Å². The Balaban J connectivity index is 1.51. The zero-order valence-corrected chi connectivity index (χ0v) is 18.1. The molecule has 154 valence electrons. The molecule has 0 saturated carbocycles. The van der Waals surface area contributed by atoms with Crippen LogP contribution in [0.4, 0.5) is 0 Å². The number of sulfone groups is 1. The summed E-state index contributed by atoms with van der Waals surface area (Å²) in [5.74, 6) is -0.321. The average molecular weight is 434 g/mol. The number of amides is 1. The van der Waals surface area contributed by atoms with Crippen molar-refractivity contribution in [3.8, 4) is 0 Å². The number of fused-ring (bicyclic) bond motifs is 1. The molecular formula is C20H23N3O4S2. The minimum absolute atomic E-state index is 0.139. The van der Waals surface area contributed by atoms with Gasteiger partial charge in [0.1, 0.15) is 5.58 Å². The average Bonchev–Trinajstić information content (AvgIpc) is 3.24. The number of nitrogens with zero attached hydrogens (tertiary/aromatic N) is 3. The molecule has 1 aromatic carbocycles. The first-order valence-electron chi connectivity index (χ1n) is 9.41. The third-order valence-electron chi connectivity index (χ3n) is 5.01. The van der Waals surface area contributed by atoms with Crippen LogP contribution in [-0.4, -0.2) is 61.5 Å². The van der Waals surface area contributed by atoms with Crippen molar-refractivity contribution in [1.82, 2.24) is 14.8 Å². The van der Waals surface area contributed by atoms with E-state index in [9.17, 15) is 13.2 Å². The number of aryl methyl sites for hydroxylation is 1. The topological polar surface area (TPSA) is 83.7 Å². The lowest BCUT2D eigenvalue weighted by Gasteiger charge is -2.34. The van der Waals surface area contributed by atoms with Gasteiger partial charge >= 0.3 is 0 Å². The van der Waals surface area contributed by atoms with Gasteiger partial charge in [0.15, 0.2) is 15.6 Å². The van der Waals surface area contributed by atoms with Crippen molar-refractivity contribution in [1.29, 1.82) is 0 Å². The molecule has 0 aliphatic carbocycles. The van der Waals surface area contributed by atoms with E-state index in [0.717, 1.165) is 30.3 Å². The lowest BCUT2D eigenvalue weighted by atomic mass is 10.1. The highest BCUT2D eigenvalue weighted by atomic mass is 32.2. The van der Waals surface area contributed by atoms with Crippen molar-refractivity contribution in [3.05, 3.63) is 51.7 Å². The number of furan rings is 1. The van der Waals surface area contributed by atoms with Crippen LogP contribution < -0.4 is 0 Å². The van der Waals surface area contributed by atoms with Crippen molar-refractivity contribution in [2.45, 2.75) is 19.2 Å². The second kappa shape index (κ2) is 7.89. The maximum atomic E-state index is 13.2. The third kappa shape index (κ3) is 4.52. The number of carbonyl (C=O) groups is 1. The Labute approximate surface area is 173 Å². The number of piperazine rings is 1. The van der Waals surface area contributed by atoms with E-state index in [1.54, 1.807) is 28.4 Å². The molecule has 1 fully saturated rings. The highest BCUT2D eigenvalue weighted by Gasteiger charge is 2.29. The summed E-state index contributed by atoms with van der Waals surface area (Å²) in [7, 11) is -3.31. The number of carbonyl (C=O) groups excluding carboxylic acids is 1. The van der Waals surface area contributed by atoms with Crippen LogP contribution >= 0.6 is 11.3 Å². The molecule has 29 heavy (non-hydrogen) atoms. The maximum Gasteiger partial charge on any atom is 0.290 e. The molecule has 7 nitrogen and oxygen atoms in total. The number of hydrogen-bond acceptors (Lipinski definition) is 7. The minimum atomic E-state index is -3.31. The molecule has 3 heterocycles. The molecule has 0 spiro atoms. The van der Waals surface area contributed by atoms with E-state index in [-0.39, 0.29) is 17.4 Å². The first-order chi connectivity index (χ1) is 13.8. The predicted molar refractivity (Wildman–Crippen MR) is 113 cm³/mol. The van der Waals surface area contributed by atoms with Crippen molar-refractivity contribution in [2.75, 3.05) is 32.4 Å². The molecule has 3 aromatic rings. The maximum absolute atomic E-state index is 13.2. The predicted octanol–water partition coefficient (Wildman–Crippen LogP) is 2.70. The SMILES string of the molecule is Cc1nc(CN2CCN(C(=O)c3oc4ccccc4c3CS(C)(=O)=O)CC2)cs1. The molecule has 4 rings (SSSR count). The Kier molecular flexibility index (Phi) is 5.46. The quantitative estimate of drug-likeness (QED) is 0.615. The third-order valence-corrected chi connectivity index (χ3v) is 6.65. The summed E-state index contributed by atoms with van der Waals surface area (Å²) in [6.45, 7) is 5.38. The Hall–Kier alpha value is -2.23. The molecule has 1 aliphatic rings. The van der Waals surface area contributed by atoms with Gasteiger partial charge in [0, 0.05) is 55.3 Å². The van der Waals surface area contributed by atoms with Gasteiger partial charge in [0.2, 0.25) is 0 Å². The Morgan fingerprint density at radius 2 is 1.93 bits per heavy atom. The lowest BCUT2D eigenvalue weighted by Crippen LogP contribution is -2.48. The van der Waals surface area contributed by atoms with Gasteiger partial charge in [-0.1, -0.05) is 18.2 Å². The first-order valence-corrected chi connectivity index (χ1v) is 12.3. The van der Waals surface area contributed by atoms with Crippen LogP contribution in [0.25, 0.3) is 11.0 Å². The standard InChI is InChI=1S/C20H23N3O4S2/c1-14-21-15(12-28-14)11-22-7-9-23(10-8-22)20(24)19-17(13-29(2,25)26)16-5-3-4-6-18(16)27-19/h3-6,12H,7-11,13H2,1-2H3. The fraction of sp³-hybridized carbons (Fsp3) is 0.400. The van der Waals surface area contributed by atoms with Gasteiger partial charge in [0.05, 0.1) is 16.5 Å². The first kappa shape index (κ1) is 20.1. The van der Waals surface area contributed by atoms with Crippen LogP contribution in [0.3, 0.4) is 0 Å². The zero-order chi connectivity index (χ0) is 20.6. The van der Waals surface area contributed by atoms with Crippen molar-refractivity contribution in [2.24, 2.45) is 0 Å². The molecule has 0 atom stereocenters. The number of aromatic nitrogens is 1. The van der Waals surface area contributed by atoms with E-state index in [0.29, 0.717) is 29.6 Å². The number of para-hydroxylation sites is 1. The summed E-state index contributed by atoms with van der Waals surface area (Å²) >= 11 is 1.64. The molecule has 1 saturated heterocycles. The van der Waals surface area contributed by atoms with Crippen molar-refractivity contribution >= 4 is 38.1 Å². The second-order valence-corrected chi connectivity index (χ2v) is 10.6. The van der Waals surface area contributed by atoms with Crippen LogP contribution in [0, 0.1) is 6.92 Å². The summed E-state index contributed by atoms with van der Waals surface area (Å²) in [5, 5.41) is 3.80. The number of rotatable bonds is 5. The van der Waals surface area contributed by atoms with Gasteiger partial charge < -0.3 is 9.32 Å². The molecule has 1 amide bonds. The van der Waals surface area contributed by atoms with E-state index in [1.807, 2.05) is 19.1 Å². The largest absolute Gasteiger partial charge is 0.451 e. The van der Waals surface area contributed by atoms with Gasteiger partial charge in [0.25, 0.3) is 5.91 Å². The highest BCUT2D eigenvalue weighted by Crippen LogP contribution is 2.29.